The van der Waals surface area contributed by atoms with Gasteiger partial charge in [-0.1, -0.05) is 27.7 Å². The lowest BCUT2D eigenvalue weighted by molar-refractivity contribution is 0.415. The lowest BCUT2D eigenvalue weighted by Crippen LogP contribution is -2.05. The molecule has 1 saturated carbocycles. The van der Waals surface area contributed by atoms with E-state index in [1.165, 1.54) is 0 Å². The molecule has 0 aliphatic heterocycles. The molecule has 0 spiro atoms. The Hall–Kier alpha value is -1.22. The number of nitrogens with zero attached hydrogens (tertiary/aromatic N) is 2. The van der Waals surface area contributed by atoms with Gasteiger partial charge >= 0.3 is 0 Å². The predicted octanol–water partition coefficient (Wildman–Crippen LogP) is 4.39. The van der Waals surface area contributed by atoms with Crippen molar-refractivity contribution < 1.29 is 4.74 Å². The van der Waals surface area contributed by atoms with Crippen LogP contribution in [0.4, 0.5) is 0 Å². The molecule has 3 rings (SSSR count). The highest BCUT2D eigenvalue weighted by atomic mass is 35.5. The highest BCUT2D eigenvalue weighted by molar-refractivity contribution is 6.16. The number of halogens is 1. The molecule has 0 unspecified atom stereocenters. The second-order valence-corrected chi connectivity index (χ2v) is 7.00. The Labute approximate surface area is 124 Å². The fourth-order valence-corrected chi connectivity index (χ4v) is 3.63. The van der Waals surface area contributed by atoms with E-state index in [1.54, 1.807) is 7.11 Å². The summed E-state index contributed by atoms with van der Waals surface area (Å²) in [5.41, 5.74) is 2.58. The zero-order valence-electron chi connectivity index (χ0n) is 12.7. The van der Waals surface area contributed by atoms with Gasteiger partial charge in [0, 0.05) is 12.1 Å². The van der Waals surface area contributed by atoms with Gasteiger partial charge in [0.05, 0.1) is 24.0 Å². The first-order valence-electron chi connectivity index (χ1n) is 6.95. The normalized spacial score (nSPS) is 20.3. The standard InChI is InChI=1S/C16H21ClN2O/c1-15(2)14(16(15,3)4)19-12-8-10(20-5)6-7-11(12)18-13(19)9-17/h6-8,14H,9H2,1-5H3. The second-order valence-electron chi connectivity index (χ2n) is 6.73. The van der Waals surface area contributed by atoms with Crippen molar-refractivity contribution in [3.8, 4) is 5.75 Å². The van der Waals surface area contributed by atoms with Crippen molar-refractivity contribution in [1.29, 1.82) is 0 Å². The summed E-state index contributed by atoms with van der Waals surface area (Å²) in [7, 11) is 1.69. The smallest absolute Gasteiger partial charge is 0.125 e. The Morgan fingerprint density at radius 2 is 1.90 bits per heavy atom. The summed E-state index contributed by atoms with van der Waals surface area (Å²) in [4.78, 5) is 4.67. The largest absolute Gasteiger partial charge is 0.497 e. The Morgan fingerprint density at radius 3 is 2.40 bits per heavy atom. The Morgan fingerprint density at radius 1 is 1.25 bits per heavy atom. The van der Waals surface area contributed by atoms with E-state index >= 15 is 0 Å². The summed E-state index contributed by atoms with van der Waals surface area (Å²) in [6, 6.07) is 6.42. The maximum atomic E-state index is 6.12. The van der Waals surface area contributed by atoms with Crippen molar-refractivity contribution in [3.63, 3.8) is 0 Å². The van der Waals surface area contributed by atoms with Crippen LogP contribution in [-0.2, 0) is 5.88 Å². The topological polar surface area (TPSA) is 27.1 Å². The molecule has 0 radical (unpaired) electrons. The molecule has 1 aliphatic rings. The molecule has 0 atom stereocenters. The van der Waals surface area contributed by atoms with Gasteiger partial charge in [0.25, 0.3) is 0 Å². The zero-order chi connectivity index (χ0) is 14.7. The Balaban J connectivity index is 2.23. The first-order chi connectivity index (χ1) is 9.34. The molecule has 2 aromatic rings. The van der Waals surface area contributed by atoms with Crippen LogP contribution in [0.5, 0.6) is 5.75 Å². The fraction of sp³-hybridized carbons (Fsp3) is 0.562. The number of methoxy groups -OCH3 is 1. The summed E-state index contributed by atoms with van der Waals surface area (Å²) in [5, 5.41) is 0. The van der Waals surface area contributed by atoms with Crippen LogP contribution >= 0.6 is 11.6 Å². The quantitative estimate of drug-likeness (QED) is 0.785. The van der Waals surface area contributed by atoms with Gasteiger partial charge in [0.15, 0.2) is 0 Å². The number of fused-ring (bicyclic) bond motifs is 1. The number of aromatic nitrogens is 2. The molecule has 108 valence electrons. The average Bonchev–Trinajstić information content (AvgIpc) is 2.72. The number of ether oxygens (including phenoxy) is 1. The number of imidazole rings is 1. The minimum atomic E-state index is 0.241. The van der Waals surface area contributed by atoms with Gasteiger partial charge in [0.1, 0.15) is 11.6 Å². The SMILES string of the molecule is COc1ccc2nc(CCl)n(C3C(C)(C)C3(C)C)c2c1. The molecule has 1 aromatic carbocycles. The van der Waals surface area contributed by atoms with E-state index in [0.717, 1.165) is 22.6 Å². The minimum Gasteiger partial charge on any atom is -0.497 e. The summed E-state index contributed by atoms with van der Waals surface area (Å²) < 4.78 is 7.66. The van der Waals surface area contributed by atoms with Crippen LogP contribution in [-0.4, -0.2) is 16.7 Å². The molecule has 4 heteroatoms. The first kappa shape index (κ1) is 13.7. The Kier molecular flexibility index (Phi) is 2.85. The minimum absolute atomic E-state index is 0.241. The number of alkyl halides is 1. The molecule has 1 aromatic heterocycles. The molecule has 1 heterocycles. The lowest BCUT2D eigenvalue weighted by atomic mass is 10.0. The van der Waals surface area contributed by atoms with Crippen LogP contribution < -0.4 is 4.74 Å². The molecular weight excluding hydrogens is 272 g/mol. The van der Waals surface area contributed by atoms with Crippen molar-refractivity contribution in [2.45, 2.75) is 39.6 Å². The van der Waals surface area contributed by atoms with Gasteiger partial charge in [-0.3, -0.25) is 0 Å². The number of hydrogen-bond acceptors (Lipinski definition) is 2. The maximum absolute atomic E-state index is 6.12. The van der Waals surface area contributed by atoms with Crippen LogP contribution in [0.2, 0.25) is 0 Å². The number of hydrogen-bond donors (Lipinski definition) is 0. The monoisotopic (exact) mass is 292 g/mol. The Bertz CT molecular complexity index is 658. The van der Waals surface area contributed by atoms with Gasteiger partial charge < -0.3 is 9.30 Å². The molecule has 3 nitrogen and oxygen atoms in total. The first-order valence-corrected chi connectivity index (χ1v) is 7.49. The van der Waals surface area contributed by atoms with Crippen molar-refractivity contribution in [2.24, 2.45) is 10.8 Å². The maximum Gasteiger partial charge on any atom is 0.125 e. The van der Waals surface area contributed by atoms with Crippen molar-refractivity contribution in [3.05, 3.63) is 24.0 Å². The molecule has 0 saturated heterocycles. The molecule has 0 amide bonds. The van der Waals surface area contributed by atoms with E-state index in [9.17, 15) is 0 Å². The van der Waals surface area contributed by atoms with E-state index in [-0.39, 0.29) is 10.8 Å². The van der Waals surface area contributed by atoms with Crippen LogP contribution in [0.25, 0.3) is 11.0 Å². The molecule has 20 heavy (non-hydrogen) atoms. The summed E-state index contributed by atoms with van der Waals surface area (Å²) in [5.74, 6) is 2.23. The van der Waals surface area contributed by atoms with Crippen LogP contribution in [0.15, 0.2) is 18.2 Å². The van der Waals surface area contributed by atoms with Crippen molar-refractivity contribution in [2.75, 3.05) is 7.11 Å². The van der Waals surface area contributed by atoms with Crippen LogP contribution in [0, 0.1) is 10.8 Å². The highest BCUT2D eigenvalue weighted by Gasteiger charge is 2.66. The summed E-state index contributed by atoms with van der Waals surface area (Å²) in [6.07, 6.45) is 0. The molecule has 0 N–H and O–H groups in total. The van der Waals surface area contributed by atoms with Crippen LogP contribution in [0.3, 0.4) is 0 Å². The highest BCUT2D eigenvalue weighted by Crippen LogP contribution is 2.72. The van der Waals surface area contributed by atoms with Crippen molar-refractivity contribution >= 4 is 22.6 Å². The summed E-state index contributed by atoms with van der Waals surface area (Å²) in [6.45, 7) is 9.23. The zero-order valence-corrected chi connectivity index (χ0v) is 13.5. The fourth-order valence-electron chi connectivity index (χ4n) is 3.44. The van der Waals surface area contributed by atoms with Gasteiger partial charge in [-0.05, 0) is 23.0 Å². The average molecular weight is 293 g/mol. The van der Waals surface area contributed by atoms with Gasteiger partial charge in [0.2, 0.25) is 0 Å². The number of rotatable bonds is 3. The van der Waals surface area contributed by atoms with Crippen molar-refractivity contribution in [1.82, 2.24) is 9.55 Å². The van der Waals surface area contributed by atoms with E-state index < -0.39 is 0 Å². The number of benzene rings is 1. The predicted molar refractivity (Wildman–Crippen MR) is 82.4 cm³/mol. The third-order valence-corrected chi connectivity index (χ3v) is 5.53. The molecular formula is C16H21ClN2O. The molecule has 1 aliphatic carbocycles. The van der Waals surface area contributed by atoms with E-state index in [1.807, 2.05) is 12.1 Å². The van der Waals surface area contributed by atoms with Crippen LogP contribution in [0.1, 0.15) is 39.6 Å². The van der Waals surface area contributed by atoms with Gasteiger partial charge in [-0.15, -0.1) is 11.6 Å². The van der Waals surface area contributed by atoms with Gasteiger partial charge in [-0.25, -0.2) is 4.98 Å². The van der Waals surface area contributed by atoms with Gasteiger partial charge in [-0.2, -0.15) is 0 Å². The summed E-state index contributed by atoms with van der Waals surface area (Å²) >= 11 is 6.12. The van der Waals surface area contributed by atoms with E-state index in [2.05, 4.69) is 43.3 Å². The molecule has 1 fully saturated rings. The third-order valence-electron chi connectivity index (χ3n) is 5.29. The molecule has 0 bridgehead atoms. The second kappa shape index (κ2) is 4.14. The lowest BCUT2D eigenvalue weighted by Gasteiger charge is -2.10. The van der Waals surface area contributed by atoms with E-state index in [4.69, 9.17) is 16.3 Å². The third kappa shape index (κ3) is 1.62. The van der Waals surface area contributed by atoms with E-state index in [0.29, 0.717) is 11.9 Å².